The fraction of sp³-hybridized carbons (Fsp3) is 0.364. The molecule has 0 atom stereocenters. The standard InChI is InChI=1S/C11H13ClN4/c1-7(2)10-14-9(12)8(3)11(15-10)16-6-4-5-13-16/h4-7H,1-3H3. The van der Waals surface area contributed by atoms with Gasteiger partial charge in [0.15, 0.2) is 5.82 Å². The Morgan fingerprint density at radius 1 is 1.31 bits per heavy atom. The van der Waals surface area contributed by atoms with Gasteiger partial charge in [-0.15, -0.1) is 0 Å². The van der Waals surface area contributed by atoms with E-state index in [2.05, 4.69) is 15.1 Å². The summed E-state index contributed by atoms with van der Waals surface area (Å²) in [6.45, 7) is 5.96. The van der Waals surface area contributed by atoms with Gasteiger partial charge < -0.3 is 0 Å². The Labute approximate surface area is 99.3 Å². The van der Waals surface area contributed by atoms with Crippen LogP contribution in [0.1, 0.15) is 31.2 Å². The van der Waals surface area contributed by atoms with E-state index >= 15 is 0 Å². The van der Waals surface area contributed by atoms with Gasteiger partial charge in [-0.25, -0.2) is 14.6 Å². The van der Waals surface area contributed by atoms with Gasteiger partial charge in [0.05, 0.1) is 0 Å². The zero-order valence-electron chi connectivity index (χ0n) is 9.48. The van der Waals surface area contributed by atoms with E-state index in [-0.39, 0.29) is 5.92 Å². The van der Waals surface area contributed by atoms with Crippen LogP contribution in [0.2, 0.25) is 5.15 Å². The average Bonchev–Trinajstić information content (AvgIpc) is 2.74. The van der Waals surface area contributed by atoms with Crippen molar-refractivity contribution in [2.75, 3.05) is 0 Å². The van der Waals surface area contributed by atoms with Crippen molar-refractivity contribution in [3.63, 3.8) is 0 Å². The fourth-order valence-electron chi connectivity index (χ4n) is 1.37. The van der Waals surface area contributed by atoms with E-state index in [9.17, 15) is 0 Å². The predicted octanol–water partition coefficient (Wildman–Crippen LogP) is 2.75. The first kappa shape index (κ1) is 11.1. The van der Waals surface area contributed by atoms with Gasteiger partial charge in [0, 0.05) is 23.9 Å². The summed E-state index contributed by atoms with van der Waals surface area (Å²) in [5.41, 5.74) is 0.842. The van der Waals surface area contributed by atoms with Gasteiger partial charge in [-0.3, -0.25) is 0 Å². The highest BCUT2D eigenvalue weighted by Gasteiger charge is 2.13. The third-order valence-electron chi connectivity index (χ3n) is 2.32. The summed E-state index contributed by atoms with van der Waals surface area (Å²) in [6, 6.07) is 1.85. The van der Waals surface area contributed by atoms with Crippen molar-refractivity contribution in [2.45, 2.75) is 26.7 Å². The molecule has 0 aliphatic heterocycles. The van der Waals surface area contributed by atoms with Crippen LogP contribution in [0.15, 0.2) is 18.5 Å². The third kappa shape index (κ3) is 1.93. The van der Waals surface area contributed by atoms with Crippen LogP contribution in [0.3, 0.4) is 0 Å². The van der Waals surface area contributed by atoms with Gasteiger partial charge in [0.1, 0.15) is 11.0 Å². The second-order valence-electron chi connectivity index (χ2n) is 3.93. The normalized spacial score (nSPS) is 11.1. The van der Waals surface area contributed by atoms with Crippen molar-refractivity contribution < 1.29 is 0 Å². The molecule has 0 saturated heterocycles. The van der Waals surface area contributed by atoms with Gasteiger partial charge in [-0.05, 0) is 13.0 Å². The molecule has 0 unspecified atom stereocenters. The molecule has 84 valence electrons. The number of nitrogens with zero attached hydrogens (tertiary/aromatic N) is 4. The van der Waals surface area contributed by atoms with Gasteiger partial charge in [-0.1, -0.05) is 25.4 Å². The summed E-state index contributed by atoms with van der Waals surface area (Å²) >= 11 is 6.09. The molecule has 0 saturated carbocycles. The first-order valence-electron chi connectivity index (χ1n) is 5.13. The molecule has 0 bridgehead atoms. The Kier molecular flexibility index (Phi) is 2.92. The Bertz CT molecular complexity index is 491. The molecule has 0 N–H and O–H groups in total. The van der Waals surface area contributed by atoms with Crippen LogP contribution in [0, 0.1) is 6.92 Å². The van der Waals surface area contributed by atoms with Crippen molar-refractivity contribution in [3.8, 4) is 5.82 Å². The van der Waals surface area contributed by atoms with Crippen LogP contribution in [-0.2, 0) is 0 Å². The number of aromatic nitrogens is 4. The first-order chi connectivity index (χ1) is 7.59. The third-order valence-corrected chi connectivity index (χ3v) is 2.68. The van der Waals surface area contributed by atoms with Crippen LogP contribution < -0.4 is 0 Å². The maximum absolute atomic E-state index is 6.09. The monoisotopic (exact) mass is 236 g/mol. The molecule has 0 radical (unpaired) electrons. The molecule has 5 heteroatoms. The quantitative estimate of drug-likeness (QED) is 0.753. The summed E-state index contributed by atoms with van der Waals surface area (Å²) in [7, 11) is 0. The molecular weight excluding hydrogens is 224 g/mol. The highest BCUT2D eigenvalue weighted by atomic mass is 35.5. The molecule has 0 aliphatic carbocycles. The highest BCUT2D eigenvalue weighted by molar-refractivity contribution is 6.30. The summed E-state index contributed by atoms with van der Waals surface area (Å²) in [5.74, 6) is 1.72. The average molecular weight is 237 g/mol. The van der Waals surface area contributed by atoms with Crippen molar-refractivity contribution >= 4 is 11.6 Å². The molecule has 0 fully saturated rings. The Morgan fingerprint density at radius 2 is 2.06 bits per heavy atom. The molecule has 0 aromatic carbocycles. The van der Waals surface area contributed by atoms with Gasteiger partial charge in [0.2, 0.25) is 0 Å². The van der Waals surface area contributed by atoms with Crippen molar-refractivity contribution in [2.24, 2.45) is 0 Å². The lowest BCUT2D eigenvalue weighted by atomic mass is 10.2. The molecular formula is C11H13ClN4. The number of hydrogen-bond acceptors (Lipinski definition) is 3. The highest BCUT2D eigenvalue weighted by Crippen LogP contribution is 2.21. The van der Waals surface area contributed by atoms with E-state index in [1.807, 2.05) is 33.0 Å². The minimum atomic E-state index is 0.243. The molecule has 0 spiro atoms. The minimum Gasteiger partial charge on any atom is -0.222 e. The van der Waals surface area contributed by atoms with Crippen molar-refractivity contribution in [1.82, 2.24) is 19.7 Å². The Morgan fingerprint density at radius 3 is 2.62 bits per heavy atom. The SMILES string of the molecule is Cc1c(Cl)nc(C(C)C)nc1-n1cccn1. The van der Waals surface area contributed by atoms with E-state index < -0.39 is 0 Å². The van der Waals surface area contributed by atoms with Gasteiger partial charge in [-0.2, -0.15) is 5.10 Å². The molecule has 0 amide bonds. The summed E-state index contributed by atoms with van der Waals surface area (Å²) in [4.78, 5) is 8.74. The number of hydrogen-bond donors (Lipinski definition) is 0. The zero-order chi connectivity index (χ0) is 11.7. The van der Waals surface area contributed by atoms with Crippen LogP contribution in [0.5, 0.6) is 0 Å². The molecule has 2 aromatic rings. The smallest absolute Gasteiger partial charge is 0.161 e. The lowest BCUT2D eigenvalue weighted by Crippen LogP contribution is -2.08. The topological polar surface area (TPSA) is 43.6 Å². The summed E-state index contributed by atoms with van der Waals surface area (Å²) in [5, 5.41) is 4.65. The van der Waals surface area contributed by atoms with E-state index in [0.29, 0.717) is 5.15 Å². The second-order valence-corrected chi connectivity index (χ2v) is 4.28. The van der Waals surface area contributed by atoms with Crippen molar-refractivity contribution in [3.05, 3.63) is 35.0 Å². The van der Waals surface area contributed by atoms with E-state index in [1.54, 1.807) is 10.9 Å². The zero-order valence-corrected chi connectivity index (χ0v) is 10.2. The maximum Gasteiger partial charge on any atom is 0.161 e. The minimum absolute atomic E-state index is 0.243. The van der Waals surface area contributed by atoms with Gasteiger partial charge in [0.25, 0.3) is 0 Å². The van der Waals surface area contributed by atoms with Crippen LogP contribution >= 0.6 is 11.6 Å². The molecule has 2 heterocycles. The lowest BCUT2D eigenvalue weighted by Gasteiger charge is -2.10. The maximum atomic E-state index is 6.09. The Hall–Kier alpha value is -1.42. The molecule has 16 heavy (non-hydrogen) atoms. The second kappa shape index (κ2) is 4.22. The number of halogens is 1. The number of rotatable bonds is 2. The van der Waals surface area contributed by atoms with E-state index in [0.717, 1.165) is 17.2 Å². The van der Waals surface area contributed by atoms with E-state index in [1.165, 1.54) is 0 Å². The van der Waals surface area contributed by atoms with E-state index in [4.69, 9.17) is 11.6 Å². The summed E-state index contributed by atoms with van der Waals surface area (Å²) in [6.07, 6.45) is 3.56. The van der Waals surface area contributed by atoms with Crippen LogP contribution in [-0.4, -0.2) is 19.7 Å². The first-order valence-corrected chi connectivity index (χ1v) is 5.51. The molecule has 4 nitrogen and oxygen atoms in total. The largest absolute Gasteiger partial charge is 0.222 e. The predicted molar refractivity (Wildman–Crippen MR) is 63.0 cm³/mol. The molecule has 2 rings (SSSR count). The molecule has 0 aliphatic rings. The van der Waals surface area contributed by atoms with Crippen LogP contribution in [0.4, 0.5) is 0 Å². The summed E-state index contributed by atoms with van der Waals surface area (Å²) < 4.78 is 1.70. The van der Waals surface area contributed by atoms with Gasteiger partial charge >= 0.3 is 0 Å². The van der Waals surface area contributed by atoms with Crippen LogP contribution in [0.25, 0.3) is 5.82 Å². The molecule has 2 aromatic heterocycles. The Balaban J connectivity index is 2.60. The van der Waals surface area contributed by atoms with Crippen molar-refractivity contribution in [1.29, 1.82) is 0 Å². The fourth-order valence-corrected chi connectivity index (χ4v) is 1.54. The lowest BCUT2D eigenvalue weighted by molar-refractivity contribution is 0.740.